The standard InChI is InChI=1S/C14H11F2NO/c15-12-5-9-10(6-13(12)16)14(18)17-7-11(9)8-3-1-2-4-8/h1,3,5-8H,2,4H2,(H,17,18). The highest BCUT2D eigenvalue weighted by Gasteiger charge is 2.17. The molecule has 0 saturated carbocycles. The Hall–Kier alpha value is -1.97. The van der Waals surface area contributed by atoms with Crippen molar-refractivity contribution in [3.05, 3.63) is 58.0 Å². The molecule has 1 heterocycles. The third kappa shape index (κ3) is 1.65. The number of nitrogens with one attached hydrogen (secondary N) is 1. The molecule has 0 amide bonds. The van der Waals surface area contributed by atoms with Crippen LogP contribution in [0.4, 0.5) is 8.78 Å². The Morgan fingerprint density at radius 3 is 2.56 bits per heavy atom. The normalized spacial score (nSPS) is 18.7. The monoisotopic (exact) mass is 247 g/mol. The van der Waals surface area contributed by atoms with E-state index in [2.05, 4.69) is 11.1 Å². The van der Waals surface area contributed by atoms with E-state index in [9.17, 15) is 13.6 Å². The molecule has 2 aromatic rings. The van der Waals surface area contributed by atoms with Crippen LogP contribution in [0.5, 0.6) is 0 Å². The SMILES string of the molecule is O=c1[nH]cc(C2C=CCC2)c2cc(F)c(F)cc12. The molecule has 1 aromatic carbocycles. The fourth-order valence-electron chi connectivity index (χ4n) is 2.47. The molecule has 2 nitrogen and oxygen atoms in total. The number of hydrogen-bond acceptors (Lipinski definition) is 1. The molecule has 3 rings (SSSR count). The minimum atomic E-state index is -0.993. The quantitative estimate of drug-likeness (QED) is 0.771. The Morgan fingerprint density at radius 2 is 1.89 bits per heavy atom. The maximum atomic E-state index is 13.3. The minimum Gasteiger partial charge on any atom is -0.328 e. The van der Waals surface area contributed by atoms with Gasteiger partial charge in [-0.1, -0.05) is 12.2 Å². The lowest BCUT2D eigenvalue weighted by Gasteiger charge is -2.11. The molecule has 1 aliphatic carbocycles. The molecule has 0 fully saturated rings. The van der Waals surface area contributed by atoms with E-state index in [0.29, 0.717) is 5.39 Å². The van der Waals surface area contributed by atoms with Crippen molar-refractivity contribution in [1.29, 1.82) is 0 Å². The molecule has 1 unspecified atom stereocenters. The molecule has 1 aromatic heterocycles. The zero-order valence-corrected chi connectivity index (χ0v) is 9.54. The average molecular weight is 247 g/mol. The number of aromatic amines is 1. The van der Waals surface area contributed by atoms with Crippen molar-refractivity contribution in [1.82, 2.24) is 4.98 Å². The largest absolute Gasteiger partial charge is 0.328 e. The van der Waals surface area contributed by atoms with Crippen molar-refractivity contribution in [3.8, 4) is 0 Å². The van der Waals surface area contributed by atoms with Gasteiger partial charge in [0.05, 0.1) is 5.39 Å². The molecule has 0 bridgehead atoms. The van der Waals surface area contributed by atoms with E-state index < -0.39 is 17.2 Å². The molecule has 18 heavy (non-hydrogen) atoms. The van der Waals surface area contributed by atoms with Crippen LogP contribution in [-0.2, 0) is 0 Å². The van der Waals surface area contributed by atoms with Crippen LogP contribution in [-0.4, -0.2) is 4.98 Å². The molecule has 4 heteroatoms. The van der Waals surface area contributed by atoms with Gasteiger partial charge in [0, 0.05) is 12.1 Å². The summed E-state index contributed by atoms with van der Waals surface area (Å²) >= 11 is 0. The number of benzene rings is 1. The first-order valence-electron chi connectivity index (χ1n) is 5.84. The smallest absolute Gasteiger partial charge is 0.255 e. The van der Waals surface area contributed by atoms with Gasteiger partial charge in [-0.15, -0.1) is 0 Å². The van der Waals surface area contributed by atoms with Gasteiger partial charge in [-0.2, -0.15) is 0 Å². The Bertz CT molecular complexity index is 703. The van der Waals surface area contributed by atoms with E-state index in [1.165, 1.54) is 0 Å². The van der Waals surface area contributed by atoms with E-state index in [0.717, 1.165) is 30.5 Å². The Labute approximate surface area is 102 Å². The van der Waals surface area contributed by atoms with Crippen molar-refractivity contribution in [3.63, 3.8) is 0 Å². The van der Waals surface area contributed by atoms with Crippen molar-refractivity contribution in [2.75, 3.05) is 0 Å². The molecular formula is C14H11F2NO. The van der Waals surface area contributed by atoms with Crippen molar-refractivity contribution in [2.24, 2.45) is 0 Å². The lowest BCUT2D eigenvalue weighted by atomic mass is 9.95. The van der Waals surface area contributed by atoms with Crippen LogP contribution in [0.15, 0.2) is 35.3 Å². The van der Waals surface area contributed by atoms with Gasteiger partial charge in [0.25, 0.3) is 5.56 Å². The summed E-state index contributed by atoms with van der Waals surface area (Å²) < 4.78 is 26.5. The zero-order chi connectivity index (χ0) is 12.7. The average Bonchev–Trinajstić information content (AvgIpc) is 2.86. The molecule has 92 valence electrons. The van der Waals surface area contributed by atoms with E-state index in [1.54, 1.807) is 6.20 Å². The van der Waals surface area contributed by atoms with Crippen LogP contribution in [0.1, 0.15) is 24.3 Å². The van der Waals surface area contributed by atoms with Gasteiger partial charge in [-0.25, -0.2) is 8.78 Å². The summed E-state index contributed by atoms with van der Waals surface area (Å²) in [5.74, 6) is -1.75. The molecule has 0 radical (unpaired) electrons. The molecule has 1 atom stereocenters. The Morgan fingerprint density at radius 1 is 1.17 bits per heavy atom. The van der Waals surface area contributed by atoms with Crippen LogP contribution < -0.4 is 5.56 Å². The molecule has 1 N–H and O–H groups in total. The summed E-state index contributed by atoms with van der Waals surface area (Å²) in [6.45, 7) is 0. The lowest BCUT2D eigenvalue weighted by molar-refractivity contribution is 0.510. The maximum Gasteiger partial charge on any atom is 0.255 e. The fourth-order valence-corrected chi connectivity index (χ4v) is 2.47. The van der Waals surface area contributed by atoms with Gasteiger partial charge in [0.1, 0.15) is 0 Å². The lowest BCUT2D eigenvalue weighted by Crippen LogP contribution is -2.09. The number of halogens is 2. The second-order valence-corrected chi connectivity index (χ2v) is 4.50. The summed E-state index contributed by atoms with van der Waals surface area (Å²) in [6.07, 6.45) is 7.59. The van der Waals surface area contributed by atoms with Crippen molar-refractivity contribution < 1.29 is 8.78 Å². The minimum absolute atomic E-state index is 0.161. The van der Waals surface area contributed by atoms with Crippen LogP contribution in [0.2, 0.25) is 0 Å². The number of rotatable bonds is 1. The summed E-state index contributed by atoms with van der Waals surface area (Å²) in [5.41, 5.74) is 0.451. The predicted octanol–water partition coefficient (Wildman–Crippen LogP) is 3.24. The maximum absolute atomic E-state index is 13.3. The number of allylic oxidation sites excluding steroid dienone is 2. The molecule has 0 spiro atoms. The van der Waals surface area contributed by atoms with Crippen LogP contribution >= 0.6 is 0 Å². The van der Waals surface area contributed by atoms with Gasteiger partial charge in [-0.3, -0.25) is 4.79 Å². The Balaban J connectivity index is 2.33. The van der Waals surface area contributed by atoms with E-state index in [-0.39, 0.29) is 11.3 Å². The molecule has 0 saturated heterocycles. The fraction of sp³-hybridized carbons (Fsp3) is 0.214. The summed E-state index contributed by atoms with van der Waals surface area (Å²) in [7, 11) is 0. The zero-order valence-electron chi connectivity index (χ0n) is 9.54. The third-order valence-corrected chi connectivity index (χ3v) is 3.39. The van der Waals surface area contributed by atoms with E-state index in [4.69, 9.17) is 0 Å². The summed E-state index contributed by atoms with van der Waals surface area (Å²) in [5, 5.41) is 0.695. The summed E-state index contributed by atoms with van der Waals surface area (Å²) in [6, 6.07) is 2.08. The van der Waals surface area contributed by atoms with Crippen molar-refractivity contribution in [2.45, 2.75) is 18.8 Å². The second-order valence-electron chi connectivity index (χ2n) is 4.50. The second kappa shape index (κ2) is 4.05. The summed E-state index contributed by atoms with van der Waals surface area (Å²) in [4.78, 5) is 14.2. The molecule has 1 aliphatic rings. The van der Waals surface area contributed by atoms with Crippen LogP contribution in [0, 0.1) is 11.6 Å². The van der Waals surface area contributed by atoms with Gasteiger partial charge in [0.2, 0.25) is 0 Å². The molecular weight excluding hydrogens is 236 g/mol. The third-order valence-electron chi connectivity index (χ3n) is 3.39. The van der Waals surface area contributed by atoms with Crippen LogP contribution in [0.3, 0.4) is 0 Å². The van der Waals surface area contributed by atoms with E-state index in [1.807, 2.05) is 6.08 Å². The van der Waals surface area contributed by atoms with Crippen LogP contribution in [0.25, 0.3) is 10.8 Å². The highest BCUT2D eigenvalue weighted by atomic mass is 19.2. The number of aromatic nitrogens is 1. The number of pyridine rings is 1. The van der Waals surface area contributed by atoms with Gasteiger partial charge < -0.3 is 4.98 Å². The first-order chi connectivity index (χ1) is 8.66. The number of H-pyrrole nitrogens is 1. The first-order valence-corrected chi connectivity index (χ1v) is 5.84. The van der Waals surface area contributed by atoms with Gasteiger partial charge in [0.15, 0.2) is 11.6 Å². The van der Waals surface area contributed by atoms with E-state index >= 15 is 0 Å². The molecule has 0 aliphatic heterocycles. The highest BCUT2D eigenvalue weighted by molar-refractivity contribution is 5.85. The number of hydrogen-bond donors (Lipinski definition) is 1. The Kier molecular flexibility index (Phi) is 2.51. The van der Waals surface area contributed by atoms with Crippen molar-refractivity contribution >= 4 is 10.8 Å². The number of fused-ring (bicyclic) bond motifs is 1. The predicted molar refractivity (Wildman–Crippen MR) is 65.6 cm³/mol. The van der Waals surface area contributed by atoms with Gasteiger partial charge >= 0.3 is 0 Å². The highest BCUT2D eigenvalue weighted by Crippen LogP contribution is 2.32. The van der Waals surface area contributed by atoms with Gasteiger partial charge in [-0.05, 0) is 35.9 Å². The topological polar surface area (TPSA) is 32.9 Å². The first kappa shape index (κ1) is 11.1.